The third kappa shape index (κ3) is 6.07. The molecule has 0 atom stereocenters. The molecular weight excluding hydrogens is 462 g/mol. The fraction of sp³-hybridized carbons (Fsp3) is 0.296. The summed E-state index contributed by atoms with van der Waals surface area (Å²) in [6.07, 6.45) is 2.57. The van der Waals surface area contributed by atoms with Gasteiger partial charge in [-0.1, -0.05) is 30.3 Å². The van der Waals surface area contributed by atoms with Crippen molar-refractivity contribution in [3.8, 4) is 17.6 Å². The average molecular weight is 490 g/mol. The minimum Gasteiger partial charge on any atom is -0.490 e. The number of carbonyl (C=O) groups excluding carboxylic acids is 1. The molecule has 7 nitrogen and oxygen atoms in total. The minimum absolute atomic E-state index is 0.197. The van der Waals surface area contributed by atoms with E-state index >= 15 is 0 Å². The first-order valence-electron chi connectivity index (χ1n) is 11.4. The molecular formula is C27H27N3O4S. The highest BCUT2D eigenvalue weighted by atomic mass is 32.1. The van der Waals surface area contributed by atoms with E-state index in [4.69, 9.17) is 9.47 Å². The summed E-state index contributed by atoms with van der Waals surface area (Å²) in [6, 6.07) is 18.2. The van der Waals surface area contributed by atoms with E-state index in [9.17, 15) is 10.1 Å². The molecule has 0 saturated heterocycles. The van der Waals surface area contributed by atoms with E-state index in [1.165, 1.54) is 17.6 Å². The maximum absolute atomic E-state index is 11.4. The number of fused-ring (bicyclic) bond motifs is 1. The van der Waals surface area contributed by atoms with Crippen molar-refractivity contribution in [3.63, 3.8) is 0 Å². The van der Waals surface area contributed by atoms with Crippen molar-refractivity contribution >= 4 is 28.5 Å². The van der Waals surface area contributed by atoms with Crippen LogP contribution in [0.3, 0.4) is 0 Å². The Morgan fingerprint density at radius 2 is 2.03 bits per heavy atom. The highest BCUT2D eigenvalue weighted by molar-refractivity contribution is 7.16. The van der Waals surface area contributed by atoms with Crippen molar-refractivity contribution in [2.75, 3.05) is 26.9 Å². The molecule has 2 aromatic carbocycles. The van der Waals surface area contributed by atoms with Crippen LogP contribution in [0, 0.1) is 11.3 Å². The van der Waals surface area contributed by atoms with Gasteiger partial charge >= 0.3 is 5.97 Å². The summed E-state index contributed by atoms with van der Waals surface area (Å²) in [4.78, 5) is 19.7. The monoisotopic (exact) mass is 489 g/mol. The molecule has 0 N–H and O–H groups in total. The Morgan fingerprint density at radius 1 is 1.20 bits per heavy atom. The standard InChI is InChI=1S/C27H27N3O4S/c1-3-33-24-13-20(9-10-23(24)34-18-26(31)32-2)15-29-27-22(14-28)21-11-12-30(17-25(21)35-27)16-19-7-5-4-6-8-19/h4-10,13,15H,3,11-12,16-18H2,1-2H3. The third-order valence-electron chi connectivity index (χ3n) is 5.65. The number of nitriles is 1. The van der Waals surface area contributed by atoms with Crippen molar-refractivity contribution in [1.82, 2.24) is 4.90 Å². The Bertz CT molecular complexity index is 1250. The maximum Gasteiger partial charge on any atom is 0.343 e. The van der Waals surface area contributed by atoms with Gasteiger partial charge in [-0.05, 0) is 48.2 Å². The highest BCUT2D eigenvalue weighted by Gasteiger charge is 2.24. The van der Waals surface area contributed by atoms with Crippen molar-refractivity contribution in [2.45, 2.75) is 26.4 Å². The smallest absolute Gasteiger partial charge is 0.343 e. The molecule has 1 aliphatic heterocycles. The van der Waals surface area contributed by atoms with Crippen LogP contribution in [0.4, 0.5) is 5.00 Å². The first kappa shape index (κ1) is 24.5. The third-order valence-corrected chi connectivity index (χ3v) is 6.77. The number of rotatable bonds is 9. The Labute approximate surface area is 209 Å². The molecule has 0 amide bonds. The molecule has 0 radical (unpaired) electrons. The summed E-state index contributed by atoms with van der Waals surface area (Å²) in [7, 11) is 1.31. The van der Waals surface area contributed by atoms with Crippen LogP contribution < -0.4 is 9.47 Å². The van der Waals surface area contributed by atoms with Gasteiger partial charge in [0.2, 0.25) is 0 Å². The maximum atomic E-state index is 11.4. The number of benzene rings is 2. The fourth-order valence-corrected chi connectivity index (χ4v) is 5.13. The topological polar surface area (TPSA) is 84.1 Å². The summed E-state index contributed by atoms with van der Waals surface area (Å²) in [6.45, 7) is 4.76. The second-order valence-corrected chi connectivity index (χ2v) is 9.09. The van der Waals surface area contributed by atoms with E-state index in [0.717, 1.165) is 42.2 Å². The Morgan fingerprint density at radius 3 is 2.77 bits per heavy atom. The molecule has 0 aliphatic carbocycles. The van der Waals surface area contributed by atoms with Crippen molar-refractivity contribution in [3.05, 3.63) is 75.7 Å². The Balaban J connectivity index is 1.51. The number of methoxy groups -OCH3 is 1. The number of nitrogens with zero attached hydrogens (tertiary/aromatic N) is 3. The van der Waals surface area contributed by atoms with E-state index in [1.807, 2.05) is 19.1 Å². The molecule has 0 bridgehead atoms. The van der Waals surface area contributed by atoms with Gasteiger partial charge in [-0.2, -0.15) is 5.26 Å². The largest absolute Gasteiger partial charge is 0.490 e. The molecule has 180 valence electrons. The molecule has 0 fully saturated rings. The van der Waals surface area contributed by atoms with Crippen molar-refractivity contribution in [2.24, 2.45) is 4.99 Å². The lowest BCUT2D eigenvalue weighted by molar-refractivity contribution is -0.142. The van der Waals surface area contributed by atoms with Gasteiger partial charge in [0, 0.05) is 30.7 Å². The normalized spacial score (nSPS) is 13.3. The molecule has 0 unspecified atom stereocenters. The van der Waals surface area contributed by atoms with Crippen molar-refractivity contribution < 1.29 is 19.0 Å². The van der Waals surface area contributed by atoms with Crippen LogP contribution in [0.5, 0.6) is 11.5 Å². The summed E-state index contributed by atoms with van der Waals surface area (Å²) < 4.78 is 15.8. The van der Waals surface area contributed by atoms with Crippen LogP contribution in [0.15, 0.2) is 53.5 Å². The first-order valence-corrected chi connectivity index (χ1v) is 12.2. The van der Waals surface area contributed by atoms with Crippen LogP contribution in [-0.4, -0.2) is 44.0 Å². The average Bonchev–Trinajstić information content (AvgIpc) is 3.24. The minimum atomic E-state index is -0.467. The number of carbonyl (C=O) groups is 1. The number of ether oxygens (including phenoxy) is 3. The molecule has 35 heavy (non-hydrogen) atoms. The van der Waals surface area contributed by atoms with Gasteiger partial charge in [-0.15, -0.1) is 11.3 Å². The van der Waals surface area contributed by atoms with Gasteiger partial charge in [-0.3, -0.25) is 4.90 Å². The molecule has 1 aliphatic rings. The van der Waals surface area contributed by atoms with Gasteiger partial charge in [-0.25, -0.2) is 9.79 Å². The zero-order chi connectivity index (χ0) is 24.6. The molecule has 0 saturated carbocycles. The van der Waals surface area contributed by atoms with Crippen LogP contribution in [-0.2, 0) is 29.0 Å². The highest BCUT2D eigenvalue weighted by Crippen LogP contribution is 2.39. The second kappa shape index (κ2) is 11.6. The molecule has 2 heterocycles. The van der Waals surface area contributed by atoms with Crippen LogP contribution in [0.25, 0.3) is 0 Å². The van der Waals surface area contributed by atoms with E-state index in [0.29, 0.717) is 23.7 Å². The molecule has 1 aromatic heterocycles. The fourth-order valence-electron chi connectivity index (χ4n) is 3.95. The number of thiophene rings is 1. The van der Waals surface area contributed by atoms with Crippen LogP contribution in [0.2, 0.25) is 0 Å². The number of hydrogen-bond acceptors (Lipinski definition) is 8. The van der Waals surface area contributed by atoms with E-state index in [1.54, 1.807) is 29.7 Å². The molecule has 3 aromatic rings. The van der Waals surface area contributed by atoms with Gasteiger partial charge in [0.05, 0.1) is 19.3 Å². The van der Waals surface area contributed by atoms with Gasteiger partial charge in [0.25, 0.3) is 0 Å². The zero-order valence-electron chi connectivity index (χ0n) is 19.8. The van der Waals surface area contributed by atoms with Crippen LogP contribution in [0.1, 0.15) is 34.1 Å². The summed E-state index contributed by atoms with van der Waals surface area (Å²) in [5, 5.41) is 10.6. The molecule has 8 heteroatoms. The Kier molecular flexibility index (Phi) is 8.14. The van der Waals surface area contributed by atoms with E-state index in [-0.39, 0.29) is 6.61 Å². The predicted molar refractivity (Wildman–Crippen MR) is 136 cm³/mol. The lowest BCUT2D eigenvalue weighted by Gasteiger charge is -2.26. The van der Waals surface area contributed by atoms with E-state index < -0.39 is 5.97 Å². The number of aliphatic imine (C=N–C) groups is 1. The zero-order valence-corrected chi connectivity index (χ0v) is 20.6. The van der Waals surface area contributed by atoms with Crippen molar-refractivity contribution in [1.29, 1.82) is 5.26 Å². The second-order valence-electron chi connectivity index (χ2n) is 8.00. The number of hydrogen-bond donors (Lipinski definition) is 0. The van der Waals surface area contributed by atoms with Gasteiger partial charge < -0.3 is 14.2 Å². The lowest BCUT2D eigenvalue weighted by atomic mass is 10.0. The predicted octanol–water partition coefficient (Wildman–Crippen LogP) is 4.88. The van der Waals surface area contributed by atoms with Gasteiger partial charge in [0.15, 0.2) is 18.1 Å². The molecule has 0 spiro atoms. The summed E-state index contributed by atoms with van der Waals surface area (Å²) >= 11 is 1.58. The SMILES string of the molecule is CCOc1cc(C=Nc2sc3c(c2C#N)CCN(Cc2ccccc2)C3)ccc1OCC(=O)OC. The van der Waals surface area contributed by atoms with Gasteiger partial charge in [0.1, 0.15) is 11.1 Å². The number of esters is 1. The molecule has 4 rings (SSSR count). The van der Waals surface area contributed by atoms with Crippen LogP contribution >= 0.6 is 11.3 Å². The lowest BCUT2D eigenvalue weighted by Crippen LogP contribution is -2.29. The summed E-state index contributed by atoms with van der Waals surface area (Å²) in [5.74, 6) is 0.506. The van der Waals surface area contributed by atoms with E-state index in [2.05, 4.69) is 45.0 Å². The quantitative estimate of drug-likeness (QED) is 0.315. The Hall–Kier alpha value is -3.67. The first-order chi connectivity index (χ1) is 17.1. The summed E-state index contributed by atoms with van der Waals surface area (Å²) in [5.41, 5.74) is 3.88.